The average Bonchev–Trinajstić information content (AvgIpc) is 2.71. The molecule has 0 saturated heterocycles. The predicted octanol–water partition coefficient (Wildman–Crippen LogP) is 4.69. The van der Waals surface area contributed by atoms with E-state index in [4.69, 9.17) is 16.3 Å². The van der Waals surface area contributed by atoms with Crippen molar-refractivity contribution in [3.05, 3.63) is 69.2 Å². The Bertz CT molecular complexity index is 1130. The minimum absolute atomic E-state index is 0.0866. The van der Waals surface area contributed by atoms with Crippen molar-refractivity contribution in [3.8, 4) is 5.75 Å². The van der Waals surface area contributed by atoms with E-state index in [1.165, 1.54) is 0 Å². The number of aromatic amines is 1. The van der Waals surface area contributed by atoms with Crippen LogP contribution in [0.5, 0.6) is 5.75 Å². The lowest BCUT2D eigenvalue weighted by Gasteiger charge is -2.24. The zero-order valence-electron chi connectivity index (χ0n) is 18.4. The largest absolute Gasteiger partial charge is 0.483 e. The van der Waals surface area contributed by atoms with Crippen LogP contribution in [0.1, 0.15) is 45.5 Å². The fraction of sp³-hybridized carbons (Fsp3) is 0.375. The lowest BCUT2D eigenvalue weighted by Crippen LogP contribution is -2.36. The fourth-order valence-electron chi connectivity index (χ4n) is 3.42. The molecule has 0 aliphatic rings. The molecule has 0 fully saturated rings. The van der Waals surface area contributed by atoms with Crippen LogP contribution in [0.4, 0.5) is 0 Å². The number of halogens is 1. The number of nitrogens with one attached hydrogen (secondary N) is 1. The van der Waals surface area contributed by atoms with E-state index in [0.717, 1.165) is 12.0 Å². The Morgan fingerprint density at radius 1 is 1.19 bits per heavy atom. The molecule has 31 heavy (non-hydrogen) atoms. The van der Waals surface area contributed by atoms with Crippen LogP contribution in [0.25, 0.3) is 10.9 Å². The maximum absolute atomic E-state index is 12.9. The summed E-state index contributed by atoms with van der Waals surface area (Å²) in [6.07, 6.45) is 0.772. The molecule has 164 valence electrons. The molecule has 1 heterocycles. The van der Waals surface area contributed by atoms with Crippen molar-refractivity contribution >= 4 is 28.4 Å². The number of amides is 1. The summed E-state index contributed by atoms with van der Waals surface area (Å²) in [6, 6.07) is 12.7. The Labute approximate surface area is 187 Å². The molecule has 1 amide bonds. The molecule has 2 aromatic carbocycles. The first-order valence-corrected chi connectivity index (χ1v) is 10.8. The van der Waals surface area contributed by atoms with E-state index in [9.17, 15) is 9.59 Å². The number of carbonyl (C=O) groups is 1. The average molecular weight is 442 g/mol. The maximum atomic E-state index is 12.9. The fourth-order valence-corrected chi connectivity index (χ4v) is 3.59. The predicted molar refractivity (Wildman–Crippen MR) is 124 cm³/mol. The molecule has 7 heteroatoms. The molecule has 0 saturated carbocycles. The number of ether oxygens (including phenoxy) is 1. The van der Waals surface area contributed by atoms with Gasteiger partial charge in [0.2, 0.25) is 0 Å². The second kappa shape index (κ2) is 9.52. The molecule has 0 atom stereocenters. The molecular formula is C24H28ClN3O3. The summed E-state index contributed by atoms with van der Waals surface area (Å²) < 4.78 is 5.90. The number of hydrogen-bond acceptors (Lipinski definition) is 4. The van der Waals surface area contributed by atoms with Gasteiger partial charge in [-0.25, -0.2) is 4.98 Å². The normalized spacial score (nSPS) is 11.5. The molecule has 0 aliphatic heterocycles. The molecule has 1 N–H and O–H groups in total. The van der Waals surface area contributed by atoms with E-state index >= 15 is 0 Å². The topological polar surface area (TPSA) is 75.3 Å². The van der Waals surface area contributed by atoms with Gasteiger partial charge in [-0.05, 0) is 41.7 Å². The number of benzene rings is 2. The van der Waals surface area contributed by atoms with Crippen molar-refractivity contribution in [1.29, 1.82) is 0 Å². The molecular weight excluding hydrogens is 414 g/mol. The Balaban J connectivity index is 1.78. The molecule has 6 nitrogen and oxygen atoms in total. The zero-order valence-corrected chi connectivity index (χ0v) is 19.1. The lowest BCUT2D eigenvalue weighted by atomic mass is 9.86. The highest BCUT2D eigenvalue weighted by Gasteiger charge is 2.21. The molecule has 0 spiro atoms. The number of nitrogens with zero attached hydrogens (tertiary/aromatic N) is 2. The minimum atomic E-state index is -0.254. The summed E-state index contributed by atoms with van der Waals surface area (Å²) >= 11 is 6.04. The third-order valence-electron chi connectivity index (χ3n) is 4.95. The smallest absolute Gasteiger partial charge is 0.260 e. The standard InChI is InChI=1S/C24H28ClN3O3/c1-5-12-28(14-21-26-19-13-16(25)10-11-17(19)23(30)27-21)22(29)15-31-20-9-7-6-8-18(20)24(2,3)4/h6-11,13H,5,12,14-15H2,1-4H3,(H,26,27,30). The van der Waals surface area contributed by atoms with Gasteiger partial charge >= 0.3 is 0 Å². The van der Waals surface area contributed by atoms with Gasteiger partial charge in [0.25, 0.3) is 11.5 Å². The quantitative estimate of drug-likeness (QED) is 0.577. The van der Waals surface area contributed by atoms with Crippen molar-refractivity contribution in [3.63, 3.8) is 0 Å². The van der Waals surface area contributed by atoms with Gasteiger partial charge in [0, 0.05) is 11.6 Å². The van der Waals surface area contributed by atoms with Gasteiger partial charge in [0.05, 0.1) is 17.4 Å². The van der Waals surface area contributed by atoms with Crippen LogP contribution >= 0.6 is 11.6 Å². The third-order valence-corrected chi connectivity index (χ3v) is 5.19. The van der Waals surface area contributed by atoms with Crippen LogP contribution in [-0.2, 0) is 16.8 Å². The van der Waals surface area contributed by atoms with E-state index in [1.807, 2.05) is 31.2 Å². The van der Waals surface area contributed by atoms with Gasteiger partial charge in [-0.1, -0.05) is 57.5 Å². The van der Waals surface area contributed by atoms with Crippen LogP contribution in [0.2, 0.25) is 5.02 Å². The highest BCUT2D eigenvalue weighted by atomic mass is 35.5. The van der Waals surface area contributed by atoms with Gasteiger partial charge in [-0.15, -0.1) is 0 Å². The van der Waals surface area contributed by atoms with Crippen LogP contribution in [-0.4, -0.2) is 33.9 Å². The summed E-state index contributed by atoms with van der Waals surface area (Å²) in [7, 11) is 0. The van der Waals surface area contributed by atoms with Gasteiger partial charge in [-0.3, -0.25) is 9.59 Å². The van der Waals surface area contributed by atoms with Crippen LogP contribution in [0.3, 0.4) is 0 Å². The second-order valence-electron chi connectivity index (χ2n) is 8.52. The summed E-state index contributed by atoms with van der Waals surface area (Å²) in [5, 5.41) is 0.965. The van der Waals surface area contributed by atoms with Gasteiger partial charge in [-0.2, -0.15) is 0 Å². The lowest BCUT2D eigenvalue weighted by molar-refractivity contribution is -0.134. The highest BCUT2D eigenvalue weighted by molar-refractivity contribution is 6.31. The maximum Gasteiger partial charge on any atom is 0.260 e. The monoisotopic (exact) mass is 441 g/mol. The van der Waals surface area contributed by atoms with Crippen molar-refractivity contribution in [2.75, 3.05) is 13.2 Å². The molecule has 1 aromatic heterocycles. The highest BCUT2D eigenvalue weighted by Crippen LogP contribution is 2.30. The first kappa shape index (κ1) is 22.8. The first-order valence-electron chi connectivity index (χ1n) is 10.4. The molecule has 0 unspecified atom stereocenters. The minimum Gasteiger partial charge on any atom is -0.483 e. The molecule has 0 bridgehead atoms. The van der Waals surface area contributed by atoms with Gasteiger partial charge < -0.3 is 14.6 Å². The summed E-state index contributed by atoms with van der Waals surface area (Å²) in [5.74, 6) is 0.947. The number of carbonyl (C=O) groups excluding carboxylic acids is 1. The number of fused-ring (bicyclic) bond motifs is 1. The zero-order chi connectivity index (χ0) is 22.6. The van der Waals surface area contributed by atoms with E-state index in [1.54, 1.807) is 23.1 Å². The van der Waals surface area contributed by atoms with Crippen molar-refractivity contribution in [2.24, 2.45) is 0 Å². The number of H-pyrrole nitrogens is 1. The SMILES string of the molecule is CCCN(Cc1nc2cc(Cl)ccc2c(=O)[nH]1)C(=O)COc1ccccc1C(C)(C)C. The Morgan fingerprint density at radius 2 is 1.94 bits per heavy atom. The third kappa shape index (κ3) is 5.64. The van der Waals surface area contributed by atoms with E-state index in [0.29, 0.717) is 34.0 Å². The number of aromatic nitrogens is 2. The summed E-state index contributed by atoms with van der Waals surface area (Å²) in [4.78, 5) is 34.2. The molecule has 3 rings (SSSR count). The first-order chi connectivity index (χ1) is 14.7. The van der Waals surface area contributed by atoms with E-state index in [-0.39, 0.29) is 30.0 Å². The summed E-state index contributed by atoms with van der Waals surface area (Å²) in [5.41, 5.74) is 1.20. The van der Waals surface area contributed by atoms with E-state index < -0.39 is 0 Å². The second-order valence-corrected chi connectivity index (χ2v) is 8.96. The number of rotatable bonds is 7. The Kier molecular flexibility index (Phi) is 7.01. The van der Waals surface area contributed by atoms with Crippen molar-refractivity contribution < 1.29 is 9.53 Å². The Hall–Kier alpha value is -2.86. The van der Waals surface area contributed by atoms with E-state index in [2.05, 4.69) is 30.7 Å². The van der Waals surface area contributed by atoms with Crippen LogP contribution in [0, 0.1) is 0 Å². The number of hydrogen-bond donors (Lipinski definition) is 1. The molecule has 0 aliphatic carbocycles. The van der Waals surface area contributed by atoms with Crippen LogP contribution < -0.4 is 10.3 Å². The van der Waals surface area contributed by atoms with Gasteiger partial charge in [0.1, 0.15) is 11.6 Å². The molecule has 3 aromatic rings. The van der Waals surface area contributed by atoms with Crippen molar-refractivity contribution in [1.82, 2.24) is 14.9 Å². The number of para-hydroxylation sites is 1. The molecule has 0 radical (unpaired) electrons. The van der Waals surface area contributed by atoms with Crippen molar-refractivity contribution in [2.45, 2.75) is 46.1 Å². The van der Waals surface area contributed by atoms with Gasteiger partial charge in [0.15, 0.2) is 6.61 Å². The Morgan fingerprint density at radius 3 is 2.65 bits per heavy atom. The van der Waals surface area contributed by atoms with Crippen LogP contribution in [0.15, 0.2) is 47.3 Å². The summed E-state index contributed by atoms with van der Waals surface area (Å²) in [6.45, 7) is 8.94.